The SMILES string of the molecule is CCCCN(CC)C(=O)CCN1C(=O)c2ccccc2C1=O. The van der Waals surface area contributed by atoms with Crippen LogP contribution in [0.1, 0.15) is 53.8 Å². The average Bonchev–Trinajstić information content (AvgIpc) is 2.78. The van der Waals surface area contributed by atoms with E-state index in [0.717, 1.165) is 19.4 Å². The van der Waals surface area contributed by atoms with Gasteiger partial charge in [-0.3, -0.25) is 19.3 Å². The summed E-state index contributed by atoms with van der Waals surface area (Å²) in [6.45, 7) is 5.55. The summed E-state index contributed by atoms with van der Waals surface area (Å²) in [7, 11) is 0. The minimum atomic E-state index is -0.301. The molecule has 3 amide bonds. The number of amides is 3. The summed E-state index contributed by atoms with van der Waals surface area (Å²) in [5, 5.41) is 0. The fourth-order valence-electron chi connectivity index (χ4n) is 2.62. The van der Waals surface area contributed by atoms with E-state index in [4.69, 9.17) is 0 Å². The van der Waals surface area contributed by atoms with Crippen molar-refractivity contribution in [3.63, 3.8) is 0 Å². The van der Waals surface area contributed by atoms with Gasteiger partial charge in [-0.2, -0.15) is 0 Å². The first-order valence-electron chi connectivity index (χ1n) is 7.83. The Morgan fingerprint density at radius 3 is 2.18 bits per heavy atom. The molecule has 0 bridgehead atoms. The fourth-order valence-corrected chi connectivity index (χ4v) is 2.62. The van der Waals surface area contributed by atoms with Crippen molar-refractivity contribution in [2.24, 2.45) is 0 Å². The molecule has 22 heavy (non-hydrogen) atoms. The number of carbonyl (C=O) groups is 3. The lowest BCUT2D eigenvalue weighted by atomic mass is 10.1. The number of benzene rings is 1. The van der Waals surface area contributed by atoms with E-state index in [2.05, 4.69) is 6.92 Å². The first-order valence-corrected chi connectivity index (χ1v) is 7.83. The zero-order chi connectivity index (χ0) is 16.1. The van der Waals surface area contributed by atoms with Gasteiger partial charge in [-0.1, -0.05) is 25.5 Å². The second-order valence-electron chi connectivity index (χ2n) is 5.38. The van der Waals surface area contributed by atoms with Crippen molar-refractivity contribution in [1.29, 1.82) is 0 Å². The van der Waals surface area contributed by atoms with E-state index >= 15 is 0 Å². The second-order valence-corrected chi connectivity index (χ2v) is 5.38. The molecule has 0 aromatic heterocycles. The largest absolute Gasteiger partial charge is 0.343 e. The Hall–Kier alpha value is -2.17. The summed E-state index contributed by atoms with van der Waals surface area (Å²) in [6, 6.07) is 6.78. The van der Waals surface area contributed by atoms with Gasteiger partial charge in [-0.05, 0) is 25.5 Å². The summed E-state index contributed by atoms with van der Waals surface area (Å²) in [6.07, 6.45) is 2.18. The summed E-state index contributed by atoms with van der Waals surface area (Å²) in [5.74, 6) is -0.609. The van der Waals surface area contributed by atoms with Crippen LogP contribution in [0.3, 0.4) is 0 Å². The molecule has 1 heterocycles. The second kappa shape index (κ2) is 7.20. The van der Waals surface area contributed by atoms with Crippen LogP contribution in [0.5, 0.6) is 0 Å². The van der Waals surface area contributed by atoms with Gasteiger partial charge >= 0.3 is 0 Å². The van der Waals surface area contributed by atoms with Crippen LogP contribution in [-0.4, -0.2) is 47.2 Å². The maximum absolute atomic E-state index is 12.2. The standard InChI is InChI=1S/C17H22N2O3/c1-3-5-11-18(4-2)15(20)10-12-19-16(21)13-8-6-7-9-14(13)17(19)22/h6-9H,3-5,10-12H2,1-2H3. The van der Waals surface area contributed by atoms with Crippen LogP contribution in [-0.2, 0) is 4.79 Å². The highest BCUT2D eigenvalue weighted by atomic mass is 16.2. The number of rotatable bonds is 7. The Labute approximate surface area is 130 Å². The molecule has 0 aliphatic carbocycles. The smallest absolute Gasteiger partial charge is 0.261 e. The summed E-state index contributed by atoms with van der Waals surface area (Å²) >= 11 is 0. The van der Waals surface area contributed by atoms with Gasteiger partial charge in [0.15, 0.2) is 0 Å². The van der Waals surface area contributed by atoms with Crippen molar-refractivity contribution < 1.29 is 14.4 Å². The third kappa shape index (κ3) is 3.18. The van der Waals surface area contributed by atoms with Gasteiger partial charge in [0.25, 0.3) is 11.8 Å². The van der Waals surface area contributed by atoms with E-state index in [1.807, 2.05) is 6.92 Å². The molecule has 5 heteroatoms. The molecule has 2 rings (SSSR count). The molecule has 0 fully saturated rings. The number of hydrogen-bond donors (Lipinski definition) is 0. The van der Waals surface area contributed by atoms with Gasteiger partial charge in [0, 0.05) is 26.1 Å². The van der Waals surface area contributed by atoms with Crippen LogP contribution in [0.4, 0.5) is 0 Å². The predicted molar refractivity (Wildman–Crippen MR) is 83.6 cm³/mol. The highest BCUT2D eigenvalue weighted by Crippen LogP contribution is 2.22. The van der Waals surface area contributed by atoms with Crippen molar-refractivity contribution in [1.82, 2.24) is 9.80 Å². The minimum absolute atomic E-state index is 0.00694. The molecule has 0 saturated carbocycles. The molecule has 0 radical (unpaired) electrons. The molecule has 1 aromatic rings. The van der Waals surface area contributed by atoms with Crippen molar-refractivity contribution in [2.75, 3.05) is 19.6 Å². The molecule has 0 N–H and O–H groups in total. The first-order chi connectivity index (χ1) is 10.6. The molecule has 1 aliphatic heterocycles. The first kappa shape index (κ1) is 16.2. The Morgan fingerprint density at radius 1 is 1.09 bits per heavy atom. The monoisotopic (exact) mass is 302 g/mol. The molecule has 0 spiro atoms. The van der Waals surface area contributed by atoms with Gasteiger partial charge in [-0.15, -0.1) is 0 Å². The lowest BCUT2D eigenvalue weighted by Gasteiger charge is -2.22. The van der Waals surface area contributed by atoms with Crippen LogP contribution in [0.25, 0.3) is 0 Å². The molecule has 118 valence electrons. The summed E-state index contributed by atoms with van der Waals surface area (Å²) in [5.41, 5.74) is 0.858. The van der Waals surface area contributed by atoms with Gasteiger partial charge in [0.2, 0.25) is 5.91 Å². The Balaban J connectivity index is 1.97. The van der Waals surface area contributed by atoms with Gasteiger partial charge in [0.05, 0.1) is 11.1 Å². The van der Waals surface area contributed by atoms with E-state index in [1.165, 1.54) is 4.90 Å². The topological polar surface area (TPSA) is 57.7 Å². The van der Waals surface area contributed by atoms with Crippen LogP contribution in [0.15, 0.2) is 24.3 Å². The molecule has 0 unspecified atom stereocenters. The predicted octanol–water partition coefficient (Wildman–Crippen LogP) is 2.32. The van der Waals surface area contributed by atoms with E-state index in [0.29, 0.717) is 17.7 Å². The quantitative estimate of drug-likeness (QED) is 0.726. The summed E-state index contributed by atoms with van der Waals surface area (Å²) < 4.78 is 0. The number of fused-ring (bicyclic) bond motifs is 1. The number of hydrogen-bond acceptors (Lipinski definition) is 3. The zero-order valence-electron chi connectivity index (χ0n) is 13.2. The third-order valence-electron chi connectivity index (χ3n) is 3.94. The molecular formula is C17H22N2O3. The molecule has 1 aromatic carbocycles. The van der Waals surface area contributed by atoms with Crippen LogP contribution in [0, 0.1) is 0 Å². The van der Waals surface area contributed by atoms with E-state index in [1.54, 1.807) is 29.2 Å². The van der Waals surface area contributed by atoms with Crippen molar-refractivity contribution in [3.8, 4) is 0 Å². The molecular weight excluding hydrogens is 280 g/mol. The third-order valence-corrected chi connectivity index (χ3v) is 3.94. The highest BCUT2D eigenvalue weighted by molar-refractivity contribution is 6.21. The number of unbranched alkanes of at least 4 members (excludes halogenated alkanes) is 1. The van der Waals surface area contributed by atoms with Gasteiger partial charge in [-0.25, -0.2) is 0 Å². The Kier molecular flexibility index (Phi) is 5.31. The fraction of sp³-hybridized carbons (Fsp3) is 0.471. The average molecular weight is 302 g/mol. The number of carbonyl (C=O) groups excluding carboxylic acids is 3. The van der Waals surface area contributed by atoms with Crippen molar-refractivity contribution in [2.45, 2.75) is 33.1 Å². The number of imide groups is 1. The van der Waals surface area contributed by atoms with Crippen LogP contribution < -0.4 is 0 Å². The summed E-state index contributed by atoms with van der Waals surface area (Å²) in [4.78, 5) is 39.6. The number of nitrogens with zero attached hydrogens (tertiary/aromatic N) is 2. The zero-order valence-corrected chi connectivity index (χ0v) is 13.2. The van der Waals surface area contributed by atoms with Gasteiger partial charge < -0.3 is 4.90 Å². The maximum atomic E-state index is 12.2. The van der Waals surface area contributed by atoms with Crippen molar-refractivity contribution in [3.05, 3.63) is 35.4 Å². The lowest BCUT2D eigenvalue weighted by molar-refractivity contribution is -0.131. The molecule has 0 atom stereocenters. The van der Waals surface area contributed by atoms with Crippen LogP contribution >= 0.6 is 0 Å². The Morgan fingerprint density at radius 2 is 1.68 bits per heavy atom. The normalized spacial score (nSPS) is 13.5. The highest BCUT2D eigenvalue weighted by Gasteiger charge is 2.35. The van der Waals surface area contributed by atoms with Crippen molar-refractivity contribution >= 4 is 17.7 Å². The Bertz CT molecular complexity index is 548. The molecule has 5 nitrogen and oxygen atoms in total. The van der Waals surface area contributed by atoms with E-state index in [-0.39, 0.29) is 30.7 Å². The minimum Gasteiger partial charge on any atom is -0.343 e. The van der Waals surface area contributed by atoms with Gasteiger partial charge in [0.1, 0.15) is 0 Å². The molecule has 1 aliphatic rings. The maximum Gasteiger partial charge on any atom is 0.261 e. The van der Waals surface area contributed by atoms with Crippen LogP contribution in [0.2, 0.25) is 0 Å². The van der Waals surface area contributed by atoms with E-state index < -0.39 is 0 Å². The molecule has 0 saturated heterocycles. The lowest BCUT2D eigenvalue weighted by Crippen LogP contribution is -2.37. The van der Waals surface area contributed by atoms with E-state index in [9.17, 15) is 14.4 Å².